The minimum Gasteiger partial charge on any atom is -0.224 e. The lowest BCUT2D eigenvalue weighted by atomic mass is 10.2. The standard InChI is InChI=1S/C8H8O2S/c1-7-4-3-5-8(6-7)11(2,9)10/h1,3-6H,2H3. The summed E-state index contributed by atoms with van der Waals surface area (Å²) in [5.74, 6) is 0. The lowest BCUT2D eigenvalue weighted by Gasteiger charge is -1.97. The van der Waals surface area contributed by atoms with Crippen molar-refractivity contribution in [2.24, 2.45) is 0 Å². The van der Waals surface area contributed by atoms with Gasteiger partial charge in [-0.2, -0.15) is 0 Å². The maximum atomic E-state index is 10.9. The molecule has 58 valence electrons. The minimum absolute atomic E-state index is 0.262. The van der Waals surface area contributed by atoms with Crippen molar-refractivity contribution in [2.75, 3.05) is 6.26 Å². The van der Waals surface area contributed by atoms with Gasteiger partial charge in [0.25, 0.3) is 0 Å². The Labute approximate surface area is 66.8 Å². The average Bonchev–Trinajstić information content (AvgIpc) is 1.86. The van der Waals surface area contributed by atoms with Crippen molar-refractivity contribution in [1.82, 2.24) is 0 Å². The maximum absolute atomic E-state index is 10.9. The van der Waals surface area contributed by atoms with Crippen molar-refractivity contribution in [3.63, 3.8) is 0 Å². The van der Waals surface area contributed by atoms with Crippen LogP contribution in [0.2, 0.25) is 0 Å². The number of sulfone groups is 1. The third-order valence-electron chi connectivity index (χ3n) is 1.29. The molecule has 1 rings (SSSR count). The van der Waals surface area contributed by atoms with E-state index in [1.807, 2.05) is 0 Å². The molecule has 0 atom stereocenters. The second kappa shape index (κ2) is 2.66. The smallest absolute Gasteiger partial charge is 0.175 e. The Kier molecular flexibility index (Phi) is 2.00. The molecule has 0 saturated heterocycles. The van der Waals surface area contributed by atoms with Gasteiger partial charge in [0.05, 0.1) is 4.90 Å². The van der Waals surface area contributed by atoms with E-state index in [0.29, 0.717) is 5.56 Å². The minimum atomic E-state index is -3.11. The normalized spacial score (nSPS) is 11.5. The second-order valence-corrected chi connectivity index (χ2v) is 4.36. The summed E-state index contributed by atoms with van der Waals surface area (Å²) in [6.07, 6.45) is 1.15. The molecule has 0 aliphatic rings. The molecule has 0 saturated carbocycles. The molecule has 0 bridgehead atoms. The van der Waals surface area contributed by atoms with Crippen LogP contribution >= 0.6 is 0 Å². The molecule has 0 unspecified atom stereocenters. The Morgan fingerprint density at radius 3 is 2.36 bits per heavy atom. The molecule has 11 heavy (non-hydrogen) atoms. The van der Waals surface area contributed by atoms with Crippen LogP contribution in [0, 0.1) is 6.92 Å². The fourth-order valence-corrected chi connectivity index (χ4v) is 1.42. The molecular weight excluding hydrogens is 160 g/mol. The summed E-state index contributed by atoms with van der Waals surface area (Å²) < 4.78 is 21.9. The maximum Gasteiger partial charge on any atom is 0.175 e. The van der Waals surface area contributed by atoms with E-state index in [4.69, 9.17) is 6.92 Å². The summed E-state index contributed by atoms with van der Waals surface area (Å²) in [5.41, 5.74) is 0.466. The molecule has 0 aliphatic heterocycles. The van der Waals surface area contributed by atoms with E-state index in [2.05, 4.69) is 0 Å². The topological polar surface area (TPSA) is 34.1 Å². The first-order valence-electron chi connectivity index (χ1n) is 3.06. The zero-order chi connectivity index (χ0) is 8.48. The fourth-order valence-electron chi connectivity index (χ4n) is 0.745. The van der Waals surface area contributed by atoms with Gasteiger partial charge in [-0.25, -0.2) is 8.42 Å². The summed E-state index contributed by atoms with van der Waals surface area (Å²) >= 11 is 0. The highest BCUT2D eigenvalue weighted by Crippen LogP contribution is 2.09. The van der Waals surface area contributed by atoms with Crippen molar-refractivity contribution in [2.45, 2.75) is 4.90 Å². The first kappa shape index (κ1) is 8.27. The molecule has 0 aliphatic carbocycles. The van der Waals surface area contributed by atoms with Gasteiger partial charge in [-0.1, -0.05) is 12.1 Å². The van der Waals surface area contributed by atoms with Gasteiger partial charge < -0.3 is 0 Å². The van der Waals surface area contributed by atoms with E-state index >= 15 is 0 Å². The summed E-state index contributed by atoms with van der Waals surface area (Å²) in [6.45, 7) is 5.39. The van der Waals surface area contributed by atoms with Gasteiger partial charge in [0.1, 0.15) is 0 Å². The van der Waals surface area contributed by atoms with E-state index in [0.717, 1.165) is 6.26 Å². The number of benzene rings is 1. The zero-order valence-corrected chi connectivity index (χ0v) is 6.93. The molecule has 0 N–H and O–H groups in total. The van der Waals surface area contributed by atoms with E-state index in [1.54, 1.807) is 12.1 Å². The first-order chi connectivity index (χ1) is 5.00. The molecule has 1 aromatic carbocycles. The Balaban J connectivity index is 3.28. The van der Waals surface area contributed by atoms with Crippen LogP contribution in [0.5, 0.6) is 0 Å². The summed E-state index contributed by atoms with van der Waals surface area (Å²) in [6, 6.07) is 6.22. The van der Waals surface area contributed by atoms with Crippen LogP contribution in [0.15, 0.2) is 29.2 Å². The molecule has 0 amide bonds. The van der Waals surface area contributed by atoms with E-state index in [1.165, 1.54) is 12.1 Å². The summed E-state index contributed by atoms with van der Waals surface area (Å²) in [5, 5.41) is 0. The monoisotopic (exact) mass is 168 g/mol. The van der Waals surface area contributed by atoms with Gasteiger partial charge in [0.2, 0.25) is 0 Å². The van der Waals surface area contributed by atoms with Gasteiger partial charge in [0, 0.05) is 6.26 Å². The van der Waals surface area contributed by atoms with Gasteiger partial charge >= 0.3 is 0 Å². The van der Waals surface area contributed by atoms with E-state index in [-0.39, 0.29) is 4.90 Å². The Morgan fingerprint density at radius 1 is 1.36 bits per heavy atom. The van der Waals surface area contributed by atoms with Crippen LogP contribution in [-0.4, -0.2) is 14.7 Å². The summed E-state index contributed by atoms with van der Waals surface area (Å²) in [4.78, 5) is 0.262. The molecular formula is C8H8O2S. The van der Waals surface area contributed by atoms with Crippen LogP contribution in [0.3, 0.4) is 0 Å². The molecule has 0 fully saturated rings. The molecule has 0 heterocycles. The predicted molar refractivity (Wildman–Crippen MR) is 43.0 cm³/mol. The molecule has 0 aromatic heterocycles. The van der Waals surface area contributed by atoms with Crippen LogP contribution in [0.1, 0.15) is 5.56 Å². The number of rotatable bonds is 1. The lowest BCUT2D eigenvalue weighted by molar-refractivity contribution is 0.602. The molecule has 3 heteroatoms. The lowest BCUT2D eigenvalue weighted by Crippen LogP contribution is -1.96. The highest BCUT2D eigenvalue weighted by molar-refractivity contribution is 7.90. The van der Waals surface area contributed by atoms with Crippen molar-refractivity contribution in [3.8, 4) is 0 Å². The highest BCUT2D eigenvalue weighted by atomic mass is 32.2. The van der Waals surface area contributed by atoms with Crippen LogP contribution in [0.4, 0.5) is 0 Å². The first-order valence-corrected chi connectivity index (χ1v) is 4.95. The van der Waals surface area contributed by atoms with Gasteiger partial charge in [0.15, 0.2) is 9.84 Å². The van der Waals surface area contributed by atoms with Gasteiger partial charge in [-0.05, 0) is 24.6 Å². The number of hydrogen-bond acceptors (Lipinski definition) is 2. The zero-order valence-electron chi connectivity index (χ0n) is 6.11. The van der Waals surface area contributed by atoms with Crippen molar-refractivity contribution < 1.29 is 8.42 Å². The van der Waals surface area contributed by atoms with E-state index in [9.17, 15) is 8.42 Å². The van der Waals surface area contributed by atoms with E-state index < -0.39 is 9.84 Å². The van der Waals surface area contributed by atoms with Crippen molar-refractivity contribution in [3.05, 3.63) is 36.8 Å². The number of hydrogen-bond donors (Lipinski definition) is 0. The van der Waals surface area contributed by atoms with Crippen molar-refractivity contribution >= 4 is 9.84 Å². The SMILES string of the molecule is [CH]c1cccc(S(C)(=O)=O)c1. The third-order valence-corrected chi connectivity index (χ3v) is 2.40. The molecule has 2 radical (unpaired) electrons. The Bertz CT molecular complexity index is 352. The third kappa shape index (κ3) is 2.05. The van der Waals surface area contributed by atoms with Crippen LogP contribution < -0.4 is 0 Å². The average molecular weight is 168 g/mol. The van der Waals surface area contributed by atoms with Gasteiger partial charge in [-0.3, -0.25) is 0 Å². The molecule has 2 nitrogen and oxygen atoms in total. The molecule has 0 spiro atoms. The summed E-state index contributed by atoms with van der Waals surface area (Å²) in [7, 11) is -3.11. The van der Waals surface area contributed by atoms with Crippen LogP contribution in [0.25, 0.3) is 0 Å². The fraction of sp³-hybridized carbons (Fsp3) is 0.125. The molecule has 1 aromatic rings. The largest absolute Gasteiger partial charge is 0.224 e. The van der Waals surface area contributed by atoms with Crippen molar-refractivity contribution in [1.29, 1.82) is 0 Å². The second-order valence-electron chi connectivity index (χ2n) is 2.34. The highest BCUT2D eigenvalue weighted by Gasteiger charge is 2.04. The Hall–Kier alpha value is -0.830. The predicted octanol–water partition coefficient (Wildman–Crippen LogP) is 1.15. The van der Waals surface area contributed by atoms with Gasteiger partial charge in [-0.15, -0.1) is 0 Å². The van der Waals surface area contributed by atoms with Crippen LogP contribution in [-0.2, 0) is 9.84 Å². The quantitative estimate of drug-likeness (QED) is 0.630. The Morgan fingerprint density at radius 2 is 2.00 bits per heavy atom.